The van der Waals surface area contributed by atoms with Crippen molar-refractivity contribution in [2.75, 3.05) is 6.26 Å². The van der Waals surface area contributed by atoms with E-state index in [-0.39, 0.29) is 0 Å². The van der Waals surface area contributed by atoms with E-state index in [4.69, 9.17) is 4.98 Å². The fourth-order valence-corrected chi connectivity index (χ4v) is 6.17. The van der Waals surface area contributed by atoms with E-state index in [2.05, 4.69) is 80.0 Å². The van der Waals surface area contributed by atoms with Crippen LogP contribution in [0, 0.1) is 0 Å². The minimum Gasteiger partial charge on any atom is -0.328 e. The molecule has 2 aliphatic rings. The molecule has 0 radical (unpaired) electrons. The van der Waals surface area contributed by atoms with Crippen LogP contribution in [0.25, 0.3) is 33.2 Å². The zero-order valence-electron chi connectivity index (χ0n) is 14.8. The molecule has 0 N–H and O–H groups in total. The van der Waals surface area contributed by atoms with Gasteiger partial charge in [0.05, 0.1) is 13.6 Å². The molecule has 0 spiro atoms. The second-order valence-corrected chi connectivity index (χ2v) is 13.3. The Bertz CT molecular complexity index is 1040. The predicted molar refractivity (Wildman–Crippen MR) is 110 cm³/mol. The number of para-hydroxylation sites is 1. The topological polar surface area (TPSA) is 17.8 Å². The number of hydrogen-bond acceptors (Lipinski definition) is 2. The first kappa shape index (κ1) is 15.7. The first-order valence-electron chi connectivity index (χ1n) is 8.27. The molecule has 4 heteroatoms. The number of fused-ring (bicyclic) bond motifs is 4. The molecule has 2 aromatic rings. The number of aryl methyl sites for hydroxylation is 1. The van der Waals surface area contributed by atoms with E-state index in [0.717, 1.165) is 11.3 Å². The molecular weight excluding hydrogens is 328 g/mol. The van der Waals surface area contributed by atoms with E-state index >= 15 is 0 Å². The van der Waals surface area contributed by atoms with Crippen molar-refractivity contribution in [3.8, 4) is 11.4 Å². The highest BCUT2D eigenvalue weighted by atomic mass is 32.2. The van der Waals surface area contributed by atoms with Gasteiger partial charge in [0.1, 0.15) is 5.82 Å². The van der Waals surface area contributed by atoms with E-state index in [1.807, 2.05) is 11.8 Å². The van der Waals surface area contributed by atoms with Gasteiger partial charge in [-0.25, -0.2) is 4.98 Å². The van der Waals surface area contributed by atoms with Gasteiger partial charge in [-0.05, 0) is 41.1 Å². The molecule has 0 unspecified atom stereocenters. The van der Waals surface area contributed by atoms with Crippen LogP contribution in [-0.4, -0.2) is 23.9 Å². The number of hydrogen-bond donors (Lipinski definition) is 0. The third-order valence-electron chi connectivity index (χ3n) is 4.78. The van der Waals surface area contributed by atoms with Crippen molar-refractivity contribution in [2.24, 2.45) is 7.05 Å². The maximum absolute atomic E-state index is 4.96. The summed E-state index contributed by atoms with van der Waals surface area (Å²) in [5.74, 6) is 1.11. The highest BCUT2D eigenvalue weighted by Crippen LogP contribution is 2.35. The largest absolute Gasteiger partial charge is 0.328 e. The van der Waals surface area contributed by atoms with Crippen molar-refractivity contribution in [3.63, 3.8) is 0 Å². The zero-order valence-corrected chi connectivity index (χ0v) is 16.7. The smallest absolute Gasteiger partial charge is 0.141 e. The van der Waals surface area contributed by atoms with Crippen LogP contribution in [0.2, 0.25) is 19.6 Å². The van der Waals surface area contributed by atoms with Crippen molar-refractivity contribution in [3.05, 3.63) is 42.5 Å². The van der Waals surface area contributed by atoms with Gasteiger partial charge in [-0.3, -0.25) is 0 Å². The van der Waals surface area contributed by atoms with Crippen molar-refractivity contribution in [1.29, 1.82) is 0 Å². The molecule has 0 atom stereocenters. The standard InChI is InChI=1S/C20H22N2SSi/c1-22-17-11-10-13(23-2)12-15(17)19(24(3,4)5)18-14-8-6-7-9-16(14)21-20(18)22/h6-12H,1-5H3. The highest BCUT2D eigenvalue weighted by Gasteiger charge is 2.29. The molecule has 122 valence electrons. The number of thioether (sulfide) groups is 1. The van der Waals surface area contributed by atoms with E-state index in [1.165, 1.54) is 31.9 Å². The van der Waals surface area contributed by atoms with Crippen molar-refractivity contribution in [2.45, 2.75) is 24.5 Å². The Labute approximate surface area is 148 Å². The quantitative estimate of drug-likeness (QED) is 0.370. The minimum atomic E-state index is -1.56. The van der Waals surface area contributed by atoms with Crippen LogP contribution in [0.3, 0.4) is 0 Å². The van der Waals surface area contributed by atoms with Gasteiger partial charge >= 0.3 is 0 Å². The first-order valence-corrected chi connectivity index (χ1v) is 13.0. The fraction of sp³-hybridized carbons (Fsp3) is 0.250. The molecule has 0 fully saturated rings. The Kier molecular flexibility index (Phi) is 3.51. The van der Waals surface area contributed by atoms with Gasteiger partial charge in [-0.1, -0.05) is 37.8 Å². The van der Waals surface area contributed by atoms with Gasteiger partial charge in [-0.2, -0.15) is 0 Å². The lowest BCUT2D eigenvalue weighted by molar-refractivity contribution is 0.940. The van der Waals surface area contributed by atoms with Crippen molar-refractivity contribution in [1.82, 2.24) is 9.55 Å². The van der Waals surface area contributed by atoms with Crippen LogP contribution in [0.5, 0.6) is 0 Å². The molecule has 0 saturated carbocycles. The number of pyridine rings is 1. The summed E-state index contributed by atoms with van der Waals surface area (Å²) in [5.41, 5.74) is 3.74. The van der Waals surface area contributed by atoms with E-state index in [0.29, 0.717) is 0 Å². The van der Waals surface area contributed by atoms with Crippen LogP contribution < -0.4 is 5.19 Å². The second kappa shape index (κ2) is 5.36. The molecule has 0 aromatic heterocycles. The highest BCUT2D eigenvalue weighted by molar-refractivity contribution is 7.98. The Hall–Kier alpha value is -1.78. The SMILES string of the molecule is CSc1ccc2c(c1)c([Si](C)(C)C)c1c3ccccc3nc-1n2C. The van der Waals surface area contributed by atoms with Gasteiger partial charge in [0, 0.05) is 28.4 Å². The normalized spacial score (nSPS) is 12.5. The minimum absolute atomic E-state index is 1.10. The maximum Gasteiger partial charge on any atom is 0.141 e. The molecule has 0 saturated heterocycles. The molecule has 4 rings (SSSR count). The van der Waals surface area contributed by atoms with E-state index in [1.54, 1.807) is 0 Å². The molecule has 2 aromatic carbocycles. The molecule has 2 aliphatic heterocycles. The third-order valence-corrected chi connectivity index (χ3v) is 7.52. The van der Waals surface area contributed by atoms with Gasteiger partial charge < -0.3 is 4.57 Å². The second-order valence-electron chi connectivity index (χ2n) is 7.39. The van der Waals surface area contributed by atoms with Gasteiger partial charge in [0.15, 0.2) is 0 Å². The molecule has 2 nitrogen and oxygen atoms in total. The van der Waals surface area contributed by atoms with Crippen molar-refractivity contribution < 1.29 is 0 Å². The van der Waals surface area contributed by atoms with Gasteiger partial charge in [0.25, 0.3) is 0 Å². The summed E-state index contributed by atoms with van der Waals surface area (Å²) < 4.78 is 2.26. The summed E-state index contributed by atoms with van der Waals surface area (Å²) in [6.07, 6.45) is 2.15. The first-order chi connectivity index (χ1) is 11.4. The Morgan fingerprint density at radius 1 is 1.00 bits per heavy atom. The Morgan fingerprint density at radius 3 is 2.46 bits per heavy atom. The predicted octanol–water partition coefficient (Wildman–Crippen LogP) is 5.10. The molecule has 2 heterocycles. The summed E-state index contributed by atoms with van der Waals surface area (Å²) in [7, 11) is 0.578. The summed E-state index contributed by atoms with van der Waals surface area (Å²) in [6, 6.07) is 15.4. The summed E-state index contributed by atoms with van der Waals surface area (Å²) in [6.45, 7) is 7.32. The molecule has 0 aliphatic carbocycles. The van der Waals surface area contributed by atoms with Gasteiger partial charge in [0.2, 0.25) is 0 Å². The van der Waals surface area contributed by atoms with Crippen molar-refractivity contribution >= 4 is 46.8 Å². The molecule has 24 heavy (non-hydrogen) atoms. The monoisotopic (exact) mass is 350 g/mol. The maximum atomic E-state index is 4.96. The van der Waals surface area contributed by atoms with Crippen LogP contribution in [0.1, 0.15) is 0 Å². The van der Waals surface area contributed by atoms with Crippen LogP contribution in [0.4, 0.5) is 0 Å². The number of nitrogens with zero attached hydrogens (tertiary/aromatic N) is 2. The van der Waals surface area contributed by atoms with Crippen LogP contribution in [0.15, 0.2) is 47.4 Å². The number of rotatable bonds is 2. The van der Waals surface area contributed by atoms with E-state index < -0.39 is 8.07 Å². The summed E-state index contributed by atoms with van der Waals surface area (Å²) >= 11 is 1.81. The zero-order chi connectivity index (χ0) is 17.1. The summed E-state index contributed by atoms with van der Waals surface area (Å²) in [4.78, 5) is 6.29. The van der Waals surface area contributed by atoms with Gasteiger partial charge in [-0.15, -0.1) is 11.8 Å². The van der Waals surface area contributed by atoms with Crippen LogP contribution in [-0.2, 0) is 7.05 Å². The average Bonchev–Trinajstić information content (AvgIpc) is 2.93. The lowest BCUT2D eigenvalue weighted by atomic mass is 10.1. The average molecular weight is 351 g/mol. The Morgan fingerprint density at radius 2 is 1.75 bits per heavy atom. The third kappa shape index (κ3) is 2.20. The fourth-order valence-electron chi connectivity index (χ4n) is 3.72. The number of benzene rings is 2. The Balaban J connectivity index is 2.31. The number of aromatic nitrogens is 2. The summed E-state index contributed by atoms with van der Waals surface area (Å²) in [5, 5.41) is 4.22. The lowest BCUT2D eigenvalue weighted by Gasteiger charge is -2.26. The molecular formula is C20H22N2SSi. The van der Waals surface area contributed by atoms with E-state index in [9.17, 15) is 0 Å². The van der Waals surface area contributed by atoms with Crippen LogP contribution >= 0.6 is 11.8 Å². The molecule has 0 bridgehead atoms. The lowest BCUT2D eigenvalue weighted by Crippen LogP contribution is -2.40. The molecule has 0 amide bonds.